The molecule has 0 fully saturated rings. The highest BCUT2D eigenvalue weighted by Crippen LogP contribution is 2.21. The number of rotatable bonds is 9. The lowest BCUT2D eigenvalue weighted by Gasteiger charge is -2.18. The van der Waals surface area contributed by atoms with Crippen LogP contribution in [-0.2, 0) is 6.42 Å². The van der Waals surface area contributed by atoms with Gasteiger partial charge in [-0.25, -0.2) is 10.8 Å². The molecule has 0 radical (unpaired) electrons. The maximum absolute atomic E-state index is 5.81. The number of hydrazine groups is 1. The van der Waals surface area contributed by atoms with E-state index < -0.39 is 0 Å². The maximum Gasteiger partial charge on any atom is 0.221 e. The number of hydrogen-bond acceptors (Lipinski definition) is 6. The first-order chi connectivity index (χ1) is 9.65. The van der Waals surface area contributed by atoms with Gasteiger partial charge in [0, 0.05) is 13.0 Å². The Kier molecular flexibility index (Phi) is 7.25. The first kappa shape index (κ1) is 16.7. The molecule has 20 heavy (non-hydrogen) atoms. The van der Waals surface area contributed by atoms with Crippen molar-refractivity contribution in [3.8, 4) is 5.88 Å². The molecular weight excluding hydrogens is 254 g/mol. The number of nitrogen functional groups attached to an aromatic ring is 1. The minimum Gasteiger partial charge on any atom is -0.476 e. The van der Waals surface area contributed by atoms with Crippen molar-refractivity contribution in [2.24, 2.45) is 5.84 Å². The lowest BCUT2D eigenvalue weighted by atomic mass is 10.3. The number of aryl methyl sites for hydroxylation is 1. The van der Waals surface area contributed by atoms with E-state index in [9.17, 15) is 0 Å². The van der Waals surface area contributed by atoms with E-state index >= 15 is 0 Å². The van der Waals surface area contributed by atoms with E-state index in [1.165, 1.54) is 0 Å². The number of aromatic nitrogens is 2. The summed E-state index contributed by atoms with van der Waals surface area (Å²) in [5, 5.41) is 0. The third kappa shape index (κ3) is 4.61. The second kappa shape index (κ2) is 8.71. The highest BCUT2D eigenvalue weighted by molar-refractivity contribution is 5.47. The summed E-state index contributed by atoms with van der Waals surface area (Å²) in [6, 6.07) is 0. The monoisotopic (exact) mass is 281 g/mol. The van der Waals surface area contributed by atoms with Gasteiger partial charge in [0.2, 0.25) is 5.88 Å². The first-order valence-corrected chi connectivity index (χ1v) is 7.35. The molecule has 0 saturated carbocycles. The Morgan fingerprint density at radius 1 is 1.20 bits per heavy atom. The molecule has 6 nitrogen and oxygen atoms in total. The van der Waals surface area contributed by atoms with Crippen LogP contribution in [0, 0.1) is 6.92 Å². The predicted octanol–water partition coefficient (Wildman–Crippen LogP) is 1.74. The van der Waals surface area contributed by atoms with Gasteiger partial charge in [0.25, 0.3) is 0 Å². The number of anilines is 1. The van der Waals surface area contributed by atoms with Crippen LogP contribution in [0.4, 0.5) is 5.82 Å². The van der Waals surface area contributed by atoms with E-state index in [4.69, 9.17) is 10.6 Å². The van der Waals surface area contributed by atoms with Gasteiger partial charge in [-0.05, 0) is 26.4 Å². The van der Waals surface area contributed by atoms with Crippen LogP contribution in [0.25, 0.3) is 0 Å². The molecule has 0 aliphatic carbocycles. The summed E-state index contributed by atoms with van der Waals surface area (Å²) in [5.41, 5.74) is 3.47. The summed E-state index contributed by atoms with van der Waals surface area (Å²) in [5.74, 6) is 7.54. The van der Waals surface area contributed by atoms with E-state index in [-0.39, 0.29) is 0 Å². The molecule has 3 N–H and O–H groups in total. The zero-order valence-corrected chi connectivity index (χ0v) is 13.1. The lowest BCUT2D eigenvalue weighted by Crippen LogP contribution is -2.28. The van der Waals surface area contributed by atoms with Crippen molar-refractivity contribution in [3.63, 3.8) is 0 Å². The summed E-state index contributed by atoms with van der Waals surface area (Å²) in [6.07, 6.45) is 1.81. The Bertz CT molecular complexity index is 407. The van der Waals surface area contributed by atoms with Crippen molar-refractivity contribution in [2.75, 3.05) is 31.7 Å². The molecule has 0 spiro atoms. The minimum absolute atomic E-state index is 0.620. The molecule has 1 rings (SSSR count). The summed E-state index contributed by atoms with van der Waals surface area (Å²) in [6.45, 7) is 11.9. The van der Waals surface area contributed by atoms with Gasteiger partial charge in [-0.2, -0.15) is 4.98 Å². The maximum atomic E-state index is 5.81. The Morgan fingerprint density at radius 2 is 1.90 bits per heavy atom. The Hall–Kier alpha value is -1.40. The van der Waals surface area contributed by atoms with Crippen molar-refractivity contribution in [3.05, 3.63) is 11.4 Å². The molecule has 0 aromatic carbocycles. The number of likely N-dealkylation sites (N-methyl/N-ethyl adjacent to an activating group) is 1. The predicted molar refractivity (Wildman–Crippen MR) is 81.9 cm³/mol. The Labute approximate surface area is 121 Å². The summed E-state index contributed by atoms with van der Waals surface area (Å²) < 4.78 is 5.81. The van der Waals surface area contributed by atoms with Crippen LogP contribution in [0.3, 0.4) is 0 Å². The zero-order chi connectivity index (χ0) is 15.0. The van der Waals surface area contributed by atoms with E-state index in [0.29, 0.717) is 18.3 Å². The fourth-order valence-corrected chi connectivity index (χ4v) is 1.97. The smallest absolute Gasteiger partial charge is 0.221 e. The summed E-state index contributed by atoms with van der Waals surface area (Å²) in [4.78, 5) is 11.2. The van der Waals surface area contributed by atoms with Crippen LogP contribution in [0.1, 0.15) is 38.6 Å². The SMILES string of the molecule is CCCc1nc(NN)c(C)c(OCCN(CC)CC)n1. The van der Waals surface area contributed by atoms with Gasteiger partial charge in [-0.1, -0.05) is 20.8 Å². The highest BCUT2D eigenvalue weighted by atomic mass is 16.5. The third-order valence-corrected chi connectivity index (χ3v) is 3.30. The van der Waals surface area contributed by atoms with E-state index in [0.717, 1.165) is 43.9 Å². The molecule has 0 atom stereocenters. The van der Waals surface area contributed by atoms with Crippen molar-refractivity contribution in [1.82, 2.24) is 14.9 Å². The van der Waals surface area contributed by atoms with Gasteiger partial charge >= 0.3 is 0 Å². The van der Waals surface area contributed by atoms with Crippen LogP contribution in [0.2, 0.25) is 0 Å². The first-order valence-electron chi connectivity index (χ1n) is 7.35. The number of hydrogen-bond donors (Lipinski definition) is 2. The third-order valence-electron chi connectivity index (χ3n) is 3.30. The molecule has 1 heterocycles. The number of nitrogens with zero attached hydrogens (tertiary/aromatic N) is 3. The standard InChI is InChI=1S/C14H27N5O/c1-5-8-12-16-13(18-15)11(4)14(17-12)20-10-9-19(6-2)7-3/h5-10,15H2,1-4H3,(H,16,17,18). The molecule has 114 valence electrons. The Balaban J connectivity index is 2.74. The van der Waals surface area contributed by atoms with Gasteiger partial charge in [0.15, 0.2) is 0 Å². The normalized spacial score (nSPS) is 10.9. The minimum atomic E-state index is 0.620. The summed E-state index contributed by atoms with van der Waals surface area (Å²) >= 11 is 0. The quantitative estimate of drug-likeness (QED) is 0.530. The van der Waals surface area contributed by atoms with Crippen molar-refractivity contribution in [1.29, 1.82) is 0 Å². The molecule has 0 bridgehead atoms. The fraction of sp³-hybridized carbons (Fsp3) is 0.714. The molecule has 0 aliphatic rings. The van der Waals surface area contributed by atoms with E-state index in [2.05, 4.69) is 41.1 Å². The zero-order valence-electron chi connectivity index (χ0n) is 13.1. The van der Waals surface area contributed by atoms with Gasteiger partial charge in [0.1, 0.15) is 18.2 Å². The van der Waals surface area contributed by atoms with Gasteiger partial charge in [-0.15, -0.1) is 0 Å². The van der Waals surface area contributed by atoms with Gasteiger partial charge in [-0.3, -0.25) is 0 Å². The molecule has 1 aromatic rings. The topological polar surface area (TPSA) is 76.3 Å². The average molecular weight is 281 g/mol. The molecule has 6 heteroatoms. The van der Waals surface area contributed by atoms with Crippen molar-refractivity contribution >= 4 is 5.82 Å². The number of nitrogens with two attached hydrogens (primary N) is 1. The molecule has 0 unspecified atom stereocenters. The largest absolute Gasteiger partial charge is 0.476 e. The van der Waals surface area contributed by atoms with E-state index in [1.54, 1.807) is 0 Å². The fourth-order valence-electron chi connectivity index (χ4n) is 1.97. The summed E-state index contributed by atoms with van der Waals surface area (Å²) in [7, 11) is 0. The van der Waals surface area contributed by atoms with Gasteiger partial charge in [0.05, 0.1) is 5.56 Å². The highest BCUT2D eigenvalue weighted by Gasteiger charge is 2.11. The van der Waals surface area contributed by atoms with Crippen LogP contribution in [0.5, 0.6) is 5.88 Å². The van der Waals surface area contributed by atoms with Gasteiger partial charge < -0.3 is 15.1 Å². The average Bonchev–Trinajstić information content (AvgIpc) is 2.46. The molecular formula is C14H27N5O. The number of ether oxygens (including phenoxy) is 1. The lowest BCUT2D eigenvalue weighted by molar-refractivity contribution is 0.216. The van der Waals surface area contributed by atoms with Crippen LogP contribution >= 0.6 is 0 Å². The van der Waals surface area contributed by atoms with Crippen molar-refractivity contribution < 1.29 is 4.74 Å². The molecule has 0 aliphatic heterocycles. The molecule has 1 aromatic heterocycles. The van der Waals surface area contributed by atoms with Crippen LogP contribution < -0.4 is 16.0 Å². The number of nitrogens with one attached hydrogen (secondary N) is 1. The second-order valence-corrected chi connectivity index (χ2v) is 4.69. The molecule has 0 amide bonds. The van der Waals surface area contributed by atoms with Crippen LogP contribution in [-0.4, -0.2) is 41.1 Å². The van der Waals surface area contributed by atoms with Crippen LogP contribution in [0.15, 0.2) is 0 Å². The van der Waals surface area contributed by atoms with Crippen molar-refractivity contribution in [2.45, 2.75) is 40.5 Å². The van der Waals surface area contributed by atoms with E-state index in [1.807, 2.05) is 6.92 Å². The molecule has 0 saturated heterocycles. The second-order valence-electron chi connectivity index (χ2n) is 4.69. The Morgan fingerprint density at radius 3 is 2.45 bits per heavy atom.